The maximum atomic E-state index is 13.8. The highest BCUT2D eigenvalue weighted by Gasteiger charge is 2.56. The van der Waals surface area contributed by atoms with E-state index in [1.807, 2.05) is 0 Å². The smallest absolute Gasteiger partial charge is 0.324 e. The largest absolute Gasteiger partial charge is 0.418 e. The van der Waals surface area contributed by atoms with E-state index < -0.39 is 69.5 Å². The maximum absolute atomic E-state index is 13.8. The summed E-state index contributed by atoms with van der Waals surface area (Å²) in [5, 5.41) is 1.92. The van der Waals surface area contributed by atoms with Gasteiger partial charge in [0.05, 0.1) is 27.9 Å². The number of rotatable bonds is 5. The quantitative estimate of drug-likeness (QED) is 0.207. The molecule has 0 radical (unpaired) electrons. The van der Waals surface area contributed by atoms with Gasteiger partial charge in [-0.15, -0.1) is 0 Å². The molecule has 2 unspecified atom stereocenters. The molecular formula is C29H18ClF4N3O4S2. The van der Waals surface area contributed by atoms with Crippen molar-refractivity contribution >= 4 is 63.8 Å². The third-order valence-electron chi connectivity index (χ3n) is 7.17. The molecule has 3 amide bonds. The standard InChI is InChI=1S/C29H18ClF4N3O4S2/c30-15-7-5-14(6-8-15)21-22-23(26(40)37(25(22)39)17-11-9-16(31)10-12-17)42-27-24(21)43-28(41)36(27)13-20(38)35-19-4-2-1-3-18(19)29(32,33)34/h1-12,21-23H,13H2,(H,35,38)/t21-,22?,23?/m1/s1. The molecule has 2 aliphatic heterocycles. The summed E-state index contributed by atoms with van der Waals surface area (Å²) in [6.45, 7) is -0.627. The molecule has 14 heteroatoms. The number of imide groups is 1. The highest BCUT2D eigenvalue weighted by atomic mass is 35.5. The van der Waals surface area contributed by atoms with Crippen LogP contribution in [0.3, 0.4) is 0 Å². The molecule has 0 spiro atoms. The number of alkyl halides is 3. The Morgan fingerprint density at radius 3 is 2.28 bits per heavy atom. The number of thioether (sulfide) groups is 1. The highest BCUT2D eigenvalue weighted by Crippen LogP contribution is 2.54. The Labute approximate surface area is 254 Å². The number of nitrogens with zero attached hydrogens (tertiary/aromatic N) is 2. The van der Waals surface area contributed by atoms with Crippen LogP contribution >= 0.6 is 34.7 Å². The van der Waals surface area contributed by atoms with Crippen molar-refractivity contribution in [2.45, 2.75) is 28.9 Å². The predicted octanol–water partition coefficient (Wildman–Crippen LogP) is 6.16. The average molecular weight is 648 g/mol. The number of thiazole rings is 1. The average Bonchev–Trinajstić information content (AvgIpc) is 3.40. The summed E-state index contributed by atoms with van der Waals surface area (Å²) >= 11 is 7.83. The first kappa shape index (κ1) is 29.1. The summed E-state index contributed by atoms with van der Waals surface area (Å²) < 4.78 is 55.1. The molecule has 6 rings (SSSR count). The number of nitrogens with one attached hydrogen (secondary N) is 1. The fraction of sp³-hybridized carbons (Fsp3) is 0.172. The third-order valence-corrected chi connectivity index (χ3v) is 10.0. The molecule has 1 saturated heterocycles. The Morgan fingerprint density at radius 2 is 1.60 bits per heavy atom. The van der Waals surface area contributed by atoms with E-state index in [4.69, 9.17) is 11.6 Å². The topological polar surface area (TPSA) is 88.5 Å². The van der Waals surface area contributed by atoms with E-state index >= 15 is 0 Å². The number of fused-ring (bicyclic) bond motifs is 2. The van der Waals surface area contributed by atoms with Crippen molar-refractivity contribution in [3.05, 3.63) is 109 Å². The number of anilines is 2. The van der Waals surface area contributed by atoms with Gasteiger partial charge in [-0.25, -0.2) is 9.29 Å². The first-order valence-corrected chi connectivity index (χ1v) is 14.8. The van der Waals surface area contributed by atoms with Gasteiger partial charge in [-0.3, -0.25) is 23.7 Å². The lowest BCUT2D eigenvalue weighted by molar-refractivity contribution is -0.137. The molecular weight excluding hydrogens is 630 g/mol. The molecule has 7 nitrogen and oxygen atoms in total. The van der Waals surface area contributed by atoms with Crippen molar-refractivity contribution < 1.29 is 31.9 Å². The van der Waals surface area contributed by atoms with Crippen molar-refractivity contribution in [3.8, 4) is 0 Å². The maximum Gasteiger partial charge on any atom is 0.418 e. The normalized spacial score (nSPS) is 19.7. The van der Waals surface area contributed by atoms with Crippen LogP contribution in [0.15, 0.2) is 82.6 Å². The minimum atomic E-state index is -4.72. The van der Waals surface area contributed by atoms with Crippen LogP contribution in [0.5, 0.6) is 0 Å². The molecule has 3 atom stereocenters. The van der Waals surface area contributed by atoms with Crippen molar-refractivity contribution in [3.63, 3.8) is 0 Å². The lowest BCUT2D eigenvalue weighted by atomic mass is 9.83. The summed E-state index contributed by atoms with van der Waals surface area (Å²) in [5.41, 5.74) is -0.723. The molecule has 0 aliphatic carbocycles. The first-order chi connectivity index (χ1) is 20.4. The number of carbonyl (C=O) groups excluding carboxylic acids is 3. The third kappa shape index (κ3) is 5.25. The van der Waals surface area contributed by atoms with Gasteiger partial charge in [-0.1, -0.05) is 59.0 Å². The van der Waals surface area contributed by atoms with Gasteiger partial charge in [0.15, 0.2) is 0 Å². The molecule has 3 aromatic carbocycles. The van der Waals surface area contributed by atoms with Gasteiger partial charge in [-0.05, 0) is 54.1 Å². The number of aromatic nitrogens is 1. The van der Waals surface area contributed by atoms with Crippen LogP contribution < -0.4 is 15.1 Å². The summed E-state index contributed by atoms with van der Waals surface area (Å²) in [6.07, 6.45) is -4.72. The minimum Gasteiger partial charge on any atom is -0.324 e. The number of carbonyl (C=O) groups is 3. The Kier molecular flexibility index (Phi) is 7.43. The monoisotopic (exact) mass is 647 g/mol. The van der Waals surface area contributed by atoms with Gasteiger partial charge in [0, 0.05) is 15.8 Å². The van der Waals surface area contributed by atoms with Crippen LogP contribution in [0.25, 0.3) is 0 Å². The molecule has 1 N–H and O–H groups in total. The fourth-order valence-electron chi connectivity index (χ4n) is 5.30. The second-order valence-corrected chi connectivity index (χ2v) is 12.4. The molecule has 1 fully saturated rings. The van der Waals surface area contributed by atoms with Crippen LogP contribution in [0.2, 0.25) is 5.02 Å². The number of hydrogen-bond donors (Lipinski definition) is 1. The predicted molar refractivity (Wildman–Crippen MR) is 154 cm³/mol. The molecule has 220 valence electrons. The van der Waals surface area contributed by atoms with Crippen LogP contribution in [-0.4, -0.2) is 27.5 Å². The van der Waals surface area contributed by atoms with Gasteiger partial charge in [0.2, 0.25) is 17.7 Å². The van der Waals surface area contributed by atoms with E-state index in [-0.39, 0.29) is 10.7 Å². The molecule has 2 aliphatic rings. The van der Waals surface area contributed by atoms with Crippen LogP contribution in [0.4, 0.5) is 28.9 Å². The zero-order valence-corrected chi connectivity index (χ0v) is 24.0. The Morgan fingerprint density at radius 1 is 0.930 bits per heavy atom. The van der Waals surface area contributed by atoms with E-state index in [1.54, 1.807) is 24.3 Å². The summed E-state index contributed by atoms with van der Waals surface area (Å²) in [5.74, 6) is -4.25. The first-order valence-electron chi connectivity index (χ1n) is 12.7. The lowest BCUT2D eigenvalue weighted by Gasteiger charge is -2.30. The fourth-order valence-corrected chi connectivity index (χ4v) is 8.20. The molecule has 43 heavy (non-hydrogen) atoms. The van der Waals surface area contributed by atoms with Crippen LogP contribution in [0, 0.1) is 11.7 Å². The summed E-state index contributed by atoms with van der Waals surface area (Å²) in [7, 11) is 0. The Bertz CT molecular complexity index is 1820. The molecule has 1 aromatic heterocycles. The van der Waals surface area contributed by atoms with Gasteiger partial charge in [-0.2, -0.15) is 13.2 Å². The number of hydrogen-bond acceptors (Lipinski definition) is 6. The lowest BCUT2D eigenvalue weighted by Crippen LogP contribution is -2.33. The molecule has 4 aromatic rings. The molecule has 0 saturated carbocycles. The minimum absolute atomic E-state index is 0.185. The SMILES string of the molecule is O=C(Cn1c2c(sc1=O)[C@H](c1ccc(Cl)cc1)C1C(=O)N(c3ccc(F)cc3)C(=O)C1S2)Nc1ccccc1C(F)(F)F. The van der Waals surface area contributed by atoms with Crippen LogP contribution in [-0.2, 0) is 27.1 Å². The zero-order valence-electron chi connectivity index (χ0n) is 21.6. The van der Waals surface area contributed by atoms with Gasteiger partial charge in [0.1, 0.15) is 17.6 Å². The van der Waals surface area contributed by atoms with E-state index in [9.17, 15) is 36.7 Å². The van der Waals surface area contributed by atoms with Crippen molar-refractivity contribution in [1.29, 1.82) is 0 Å². The molecule has 3 heterocycles. The second-order valence-electron chi connectivity index (χ2n) is 9.80. The van der Waals surface area contributed by atoms with Gasteiger partial charge >= 0.3 is 11.0 Å². The van der Waals surface area contributed by atoms with E-state index in [1.165, 1.54) is 24.3 Å². The van der Waals surface area contributed by atoms with Crippen molar-refractivity contribution in [2.24, 2.45) is 5.92 Å². The number of amides is 3. The van der Waals surface area contributed by atoms with Crippen molar-refractivity contribution in [1.82, 2.24) is 4.57 Å². The Balaban J connectivity index is 1.39. The zero-order chi connectivity index (χ0) is 30.6. The van der Waals surface area contributed by atoms with Gasteiger partial charge < -0.3 is 5.32 Å². The molecule has 0 bridgehead atoms. The second kappa shape index (κ2) is 11.0. The Hall–Kier alpha value is -3.94. The van der Waals surface area contributed by atoms with E-state index in [0.29, 0.717) is 15.5 Å². The van der Waals surface area contributed by atoms with E-state index in [2.05, 4.69) is 5.32 Å². The van der Waals surface area contributed by atoms with Crippen LogP contribution in [0.1, 0.15) is 21.9 Å². The van der Waals surface area contributed by atoms with E-state index in [0.717, 1.165) is 56.8 Å². The summed E-state index contributed by atoms with van der Waals surface area (Å²) in [6, 6.07) is 15.9. The number of benzene rings is 3. The van der Waals surface area contributed by atoms with Crippen molar-refractivity contribution in [2.75, 3.05) is 10.2 Å². The van der Waals surface area contributed by atoms with Gasteiger partial charge in [0.25, 0.3) is 0 Å². The number of para-hydroxylation sites is 1. The highest BCUT2D eigenvalue weighted by molar-refractivity contribution is 8.00. The summed E-state index contributed by atoms with van der Waals surface area (Å²) in [4.78, 5) is 54.6. The number of halogens is 5.